The quantitative estimate of drug-likeness (QED) is 0.208. The zero-order valence-corrected chi connectivity index (χ0v) is 25.4. The number of piperidine rings is 1. The van der Waals surface area contributed by atoms with Gasteiger partial charge in [0, 0.05) is 35.3 Å². The summed E-state index contributed by atoms with van der Waals surface area (Å²) < 4.78 is 28.0. The van der Waals surface area contributed by atoms with Gasteiger partial charge in [-0.1, -0.05) is 57.2 Å². The van der Waals surface area contributed by atoms with Crippen molar-refractivity contribution >= 4 is 17.2 Å². The number of carbonyl (C=O) groups excluding carboxylic acids is 1. The highest BCUT2D eigenvalue weighted by Crippen LogP contribution is 2.32. The van der Waals surface area contributed by atoms with Gasteiger partial charge in [-0.3, -0.25) is 14.2 Å². The lowest BCUT2D eigenvalue weighted by Crippen LogP contribution is -2.38. The van der Waals surface area contributed by atoms with E-state index < -0.39 is 6.43 Å². The van der Waals surface area contributed by atoms with Gasteiger partial charge in [0.1, 0.15) is 5.01 Å². The highest BCUT2D eigenvalue weighted by Gasteiger charge is 2.28. The van der Waals surface area contributed by atoms with Crippen molar-refractivity contribution < 1.29 is 13.6 Å². The summed E-state index contributed by atoms with van der Waals surface area (Å²) >= 11 is 1.32. The van der Waals surface area contributed by atoms with E-state index in [0.29, 0.717) is 46.9 Å². The predicted molar refractivity (Wildman–Crippen MR) is 166 cm³/mol. The Hall–Kier alpha value is -3.65. The Balaban J connectivity index is 1.74. The van der Waals surface area contributed by atoms with Gasteiger partial charge in [-0.2, -0.15) is 0 Å². The lowest BCUT2D eigenvalue weighted by molar-refractivity contribution is 0.0722. The Morgan fingerprint density at radius 3 is 2.38 bits per heavy atom. The number of amides is 1. The van der Waals surface area contributed by atoms with Crippen LogP contribution in [0, 0.1) is 12.8 Å². The molecule has 5 nitrogen and oxygen atoms in total. The number of alkyl halides is 2. The van der Waals surface area contributed by atoms with Crippen LogP contribution >= 0.6 is 11.3 Å². The first-order valence-corrected chi connectivity index (χ1v) is 15.6. The van der Waals surface area contributed by atoms with E-state index in [-0.39, 0.29) is 22.9 Å². The maximum atomic E-state index is 14.5. The number of likely N-dealkylation sites (tertiary alicyclic amines) is 1. The van der Waals surface area contributed by atoms with Crippen molar-refractivity contribution in [2.24, 2.45) is 5.92 Å². The number of nitrogens with zero attached hydrogens (tertiary/aromatic N) is 3. The van der Waals surface area contributed by atoms with E-state index in [9.17, 15) is 18.4 Å². The lowest BCUT2D eigenvalue weighted by atomic mass is 9.97. The van der Waals surface area contributed by atoms with Gasteiger partial charge < -0.3 is 4.90 Å². The first-order chi connectivity index (χ1) is 20.2. The van der Waals surface area contributed by atoms with Crippen LogP contribution in [0.5, 0.6) is 0 Å². The Bertz CT molecular complexity index is 1630. The van der Waals surface area contributed by atoms with Crippen LogP contribution in [-0.2, 0) is 12.8 Å². The zero-order valence-electron chi connectivity index (χ0n) is 24.6. The lowest BCUT2D eigenvalue weighted by Gasteiger charge is -2.29. The number of hydrogen-bond donors (Lipinski definition) is 0. The number of aromatic nitrogens is 2. The van der Waals surface area contributed by atoms with Crippen LogP contribution in [0.1, 0.15) is 79.2 Å². The van der Waals surface area contributed by atoms with Crippen LogP contribution in [0.2, 0.25) is 0 Å². The van der Waals surface area contributed by atoms with Crippen molar-refractivity contribution in [1.82, 2.24) is 14.5 Å². The summed E-state index contributed by atoms with van der Waals surface area (Å²) in [7, 11) is 0. The Morgan fingerprint density at radius 1 is 1.02 bits per heavy atom. The van der Waals surface area contributed by atoms with Crippen molar-refractivity contribution in [3.05, 3.63) is 92.2 Å². The number of aryl methyl sites for hydroxylation is 2. The molecule has 0 spiro atoms. The fourth-order valence-corrected chi connectivity index (χ4v) is 6.45. The third-order valence-electron chi connectivity index (χ3n) is 7.83. The van der Waals surface area contributed by atoms with E-state index in [1.54, 1.807) is 22.8 Å². The third kappa shape index (κ3) is 6.09. The molecule has 1 fully saturated rings. The maximum absolute atomic E-state index is 14.5. The molecule has 1 saturated heterocycles. The average molecular weight is 590 g/mol. The summed E-state index contributed by atoms with van der Waals surface area (Å²) in [6.07, 6.45) is 1.81. The van der Waals surface area contributed by atoms with Crippen LogP contribution < -0.4 is 5.56 Å². The first kappa shape index (κ1) is 29.8. The number of benzene rings is 2. The molecule has 0 bridgehead atoms. The molecule has 42 heavy (non-hydrogen) atoms. The summed E-state index contributed by atoms with van der Waals surface area (Å²) in [4.78, 5) is 35.3. The van der Waals surface area contributed by atoms with Crippen molar-refractivity contribution in [1.29, 1.82) is 0 Å². The average Bonchev–Trinajstić information content (AvgIpc) is 3.47. The maximum Gasteiger partial charge on any atom is 0.265 e. The summed E-state index contributed by atoms with van der Waals surface area (Å²) in [6, 6.07) is 13.9. The second-order valence-electron chi connectivity index (χ2n) is 11.5. The number of hydrogen-bond acceptors (Lipinski definition) is 4. The van der Waals surface area contributed by atoms with E-state index in [2.05, 4.69) is 26.8 Å². The van der Waals surface area contributed by atoms with Gasteiger partial charge >= 0.3 is 0 Å². The summed E-state index contributed by atoms with van der Waals surface area (Å²) in [5, 5.41) is 2.32. The molecule has 0 N–H and O–H groups in total. The molecule has 0 unspecified atom stereocenters. The van der Waals surface area contributed by atoms with E-state index in [0.717, 1.165) is 48.2 Å². The highest BCUT2D eigenvalue weighted by atomic mass is 32.1. The molecule has 0 aliphatic carbocycles. The molecule has 8 heteroatoms. The molecule has 1 aliphatic rings. The first-order valence-electron chi connectivity index (χ1n) is 14.7. The minimum absolute atomic E-state index is 0.0505. The smallest absolute Gasteiger partial charge is 0.265 e. The monoisotopic (exact) mass is 589 g/mol. The minimum atomic E-state index is -2.54. The SMILES string of the molecule is CCc1ccc(C)cc1-n1c(CC(C)C)c(C(=O)N2CCCCC2)cc(-c2nc(-c3ccc(C(F)F)cc3)cs2)c1=O. The second kappa shape index (κ2) is 12.7. The number of thiazole rings is 1. The van der Waals surface area contributed by atoms with Crippen molar-refractivity contribution in [3.63, 3.8) is 0 Å². The highest BCUT2D eigenvalue weighted by molar-refractivity contribution is 7.13. The van der Waals surface area contributed by atoms with Crippen LogP contribution in [0.25, 0.3) is 27.5 Å². The molecule has 1 aliphatic heterocycles. The van der Waals surface area contributed by atoms with Gasteiger partial charge in [0.15, 0.2) is 0 Å². The molecule has 2 aromatic heterocycles. The van der Waals surface area contributed by atoms with Crippen molar-refractivity contribution in [2.45, 2.75) is 66.2 Å². The summed E-state index contributed by atoms with van der Waals surface area (Å²) in [5.74, 6) is 0.164. The Kier molecular flexibility index (Phi) is 9.02. The molecule has 2 aromatic carbocycles. The van der Waals surface area contributed by atoms with E-state index >= 15 is 0 Å². The summed E-state index contributed by atoms with van der Waals surface area (Å²) in [5.41, 5.74) is 5.52. The molecule has 4 aromatic rings. The van der Waals surface area contributed by atoms with Crippen LogP contribution in [0.3, 0.4) is 0 Å². The second-order valence-corrected chi connectivity index (χ2v) is 12.3. The molecular formula is C34H37F2N3O2S. The molecular weight excluding hydrogens is 552 g/mol. The van der Waals surface area contributed by atoms with E-state index in [4.69, 9.17) is 4.98 Å². The minimum Gasteiger partial charge on any atom is -0.339 e. The number of rotatable bonds is 8. The van der Waals surface area contributed by atoms with Crippen LogP contribution in [-0.4, -0.2) is 33.4 Å². The van der Waals surface area contributed by atoms with Crippen LogP contribution in [0.15, 0.2) is 58.7 Å². The van der Waals surface area contributed by atoms with Crippen molar-refractivity contribution in [2.75, 3.05) is 13.1 Å². The molecule has 1 amide bonds. The standard InChI is InChI=1S/C34H37F2N3O2S/c1-5-23-10-9-22(4)18-29(23)39-30(17-21(2)3)26(33(40)38-15-7-6-8-16-38)19-27(34(39)41)32-37-28(20-42-32)24-11-13-25(14-12-24)31(35)36/h9-14,18-21,31H,5-8,15-17H2,1-4H3. The van der Waals surface area contributed by atoms with E-state index in [1.807, 2.05) is 29.3 Å². The number of halogens is 2. The molecule has 0 atom stereocenters. The van der Waals surface area contributed by atoms with Gasteiger partial charge in [-0.05, 0) is 68.2 Å². The normalized spacial score (nSPS) is 13.8. The van der Waals surface area contributed by atoms with Crippen molar-refractivity contribution in [3.8, 4) is 27.5 Å². The number of carbonyl (C=O) groups is 1. The Labute approximate surface area is 249 Å². The molecule has 220 valence electrons. The zero-order chi connectivity index (χ0) is 30.0. The van der Waals surface area contributed by atoms with Gasteiger partial charge in [0.05, 0.1) is 22.5 Å². The predicted octanol–water partition coefficient (Wildman–Crippen LogP) is 8.26. The topological polar surface area (TPSA) is 55.2 Å². The number of pyridine rings is 1. The fraction of sp³-hybridized carbons (Fsp3) is 0.382. The summed E-state index contributed by atoms with van der Waals surface area (Å²) in [6.45, 7) is 9.68. The molecule has 3 heterocycles. The molecule has 5 rings (SSSR count). The Morgan fingerprint density at radius 2 is 1.74 bits per heavy atom. The van der Waals surface area contributed by atoms with Gasteiger partial charge in [-0.25, -0.2) is 13.8 Å². The largest absolute Gasteiger partial charge is 0.339 e. The van der Waals surface area contributed by atoms with Gasteiger partial charge in [0.2, 0.25) is 0 Å². The van der Waals surface area contributed by atoms with E-state index in [1.165, 1.54) is 23.5 Å². The third-order valence-corrected chi connectivity index (χ3v) is 8.71. The van der Waals surface area contributed by atoms with Crippen LogP contribution in [0.4, 0.5) is 8.78 Å². The van der Waals surface area contributed by atoms with Gasteiger partial charge in [0.25, 0.3) is 17.9 Å². The fourth-order valence-electron chi connectivity index (χ4n) is 5.61. The molecule has 0 saturated carbocycles. The molecule has 0 radical (unpaired) electrons. The van der Waals surface area contributed by atoms with Gasteiger partial charge in [-0.15, -0.1) is 11.3 Å².